The molecule has 30 heavy (non-hydrogen) atoms. The summed E-state index contributed by atoms with van der Waals surface area (Å²) < 4.78 is 5.36. The van der Waals surface area contributed by atoms with Crippen LogP contribution in [0, 0.1) is 5.92 Å². The molecule has 1 aliphatic rings. The number of urea groups is 1. The molecule has 0 saturated carbocycles. The number of aromatic nitrogens is 1. The highest BCUT2D eigenvalue weighted by Crippen LogP contribution is 2.22. The number of hydrogen-bond acceptors (Lipinski definition) is 6. The second kappa shape index (κ2) is 10.9. The maximum Gasteiger partial charge on any atom is 0.319 e. The number of carbonyl (C=O) groups excluding carboxylic acids is 1. The van der Waals surface area contributed by atoms with E-state index in [1.807, 2.05) is 61.5 Å². The van der Waals surface area contributed by atoms with Gasteiger partial charge in [0.2, 0.25) is 0 Å². The average Bonchev–Trinajstić information content (AvgIpc) is 2.77. The zero-order valence-electron chi connectivity index (χ0n) is 17.6. The second-order valence-electron chi connectivity index (χ2n) is 7.72. The van der Waals surface area contributed by atoms with E-state index < -0.39 is 6.10 Å². The third-order valence-corrected chi connectivity index (χ3v) is 5.05. The molecule has 0 bridgehead atoms. The van der Waals surface area contributed by atoms with Gasteiger partial charge in [-0.1, -0.05) is 30.3 Å². The highest BCUT2D eigenvalue weighted by molar-refractivity contribution is 5.89. The molecule has 0 unspecified atom stereocenters. The Morgan fingerprint density at radius 3 is 2.57 bits per heavy atom. The number of ether oxygens (including phenoxy) is 1. The minimum atomic E-state index is -0.664. The SMILES string of the molecule is CN(C)C[C@H](CNC(=O)Nc1ccc(N2CCOCC2)nc1)[C@@H](O)c1ccccc1. The van der Waals surface area contributed by atoms with Gasteiger partial charge in [0.1, 0.15) is 5.82 Å². The first kappa shape index (κ1) is 22.0. The standard InChI is InChI=1S/C22H31N5O3/c1-26(2)16-18(21(28)17-6-4-3-5-7-17)14-24-22(29)25-19-8-9-20(23-15-19)27-10-12-30-13-11-27/h3-9,15,18,21,28H,10-14,16H2,1-2H3,(H2,24,25,29)/t18-,21-/m0/s1. The number of morpholine rings is 1. The van der Waals surface area contributed by atoms with Gasteiger partial charge in [-0.15, -0.1) is 0 Å². The first-order valence-electron chi connectivity index (χ1n) is 10.2. The third kappa shape index (κ3) is 6.41. The second-order valence-corrected chi connectivity index (χ2v) is 7.72. The van der Waals surface area contributed by atoms with E-state index in [1.165, 1.54) is 0 Å². The van der Waals surface area contributed by atoms with E-state index in [-0.39, 0.29) is 11.9 Å². The zero-order valence-corrected chi connectivity index (χ0v) is 17.6. The molecule has 2 amide bonds. The highest BCUT2D eigenvalue weighted by Gasteiger charge is 2.22. The van der Waals surface area contributed by atoms with Crippen molar-refractivity contribution < 1.29 is 14.6 Å². The molecule has 0 radical (unpaired) electrons. The van der Waals surface area contributed by atoms with Crippen LogP contribution in [0.2, 0.25) is 0 Å². The number of anilines is 2. The summed E-state index contributed by atoms with van der Waals surface area (Å²) >= 11 is 0. The highest BCUT2D eigenvalue weighted by atomic mass is 16.5. The van der Waals surface area contributed by atoms with Crippen molar-refractivity contribution in [3.63, 3.8) is 0 Å². The Morgan fingerprint density at radius 2 is 1.93 bits per heavy atom. The molecule has 1 aromatic carbocycles. The van der Waals surface area contributed by atoms with Crippen molar-refractivity contribution in [1.82, 2.24) is 15.2 Å². The van der Waals surface area contributed by atoms with Gasteiger partial charge in [0.15, 0.2) is 0 Å². The van der Waals surface area contributed by atoms with Crippen molar-refractivity contribution in [2.45, 2.75) is 6.10 Å². The van der Waals surface area contributed by atoms with Gasteiger partial charge >= 0.3 is 6.03 Å². The number of amides is 2. The minimum Gasteiger partial charge on any atom is -0.388 e. The van der Waals surface area contributed by atoms with Crippen LogP contribution >= 0.6 is 0 Å². The van der Waals surface area contributed by atoms with Crippen molar-refractivity contribution in [3.05, 3.63) is 54.2 Å². The first-order valence-corrected chi connectivity index (χ1v) is 10.2. The summed E-state index contributed by atoms with van der Waals surface area (Å²) in [6, 6.07) is 12.9. The number of aliphatic hydroxyl groups excluding tert-OH is 1. The van der Waals surface area contributed by atoms with Crippen LogP contribution in [-0.4, -0.2) is 74.5 Å². The quantitative estimate of drug-likeness (QED) is 0.613. The van der Waals surface area contributed by atoms with Crippen molar-refractivity contribution in [2.24, 2.45) is 5.92 Å². The van der Waals surface area contributed by atoms with Crippen LogP contribution in [0.3, 0.4) is 0 Å². The van der Waals surface area contributed by atoms with E-state index in [2.05, 4.69) is 20.5 Å². The summed E-state index contributed by atoms with van der Waals surface area (Å²) in [4.78, 5) is 21.0. The molecule has 2 heterocycles. The largest absolute Gasteiger partial charge is 0.388 e. The number of nitrogens with zero attached hydrogens (tertiary/aromatic N) is 3. The van der Waals surface area contributed by atoms with E-state index in [9.17, 15) is 9.90 Å². The summed E-state index contributed by atoms with van der Waals surface area (Å²) in [5, 5.41) is 16.4. The summed E-state index contributed by atoms with van der Waals surface area (Å²) in [5.74, 6) is 0.733. The Balaban J connectivity index is 1.53. The van der Waals surface area contributed by atoms with Gasteiger partial charge in [0.05, 0.1) is 31.2 Å². The molecule has 8 nitrogen and oxygen atoms in total. The monoisotopic (exact) mass is 413 g/mol. The molecular formula is C22H31N5O3. The number of rotatable bonds is 8. The first-order chi connectivity index (χ1) is 14.5. The molecule has 3 N–H and O–H groups in total. The number of nitrogens with one attached hydrogen (secondary N) is 2. The lowest BCUT2D eigenvalue weighted by molar-refractivity contribution is 0.0911. The number of carbonyl (C=O) groups is 1. The summed E-state index contributed by atoms with van der Waals surface area (Å²) in [5.41, 5.74) is 1.46. The molecule has 2 atom stereocenters. The Hall–Kier alpha value is -2.68. The van der Waals surface area contributed by atoms with Crippen LogP contribution in [0.1, 0.15) is 11.7 Å². The molecule has 1 fully saturated rings. The van der Waals surface area contributed by atoms with Crippen LogP contribution in [0.15, 0.2) is 48.7 Å². The van der Waals surface area contributed by atoms with Gasteiger partial charge in [0, 0.05) is 32.1 Å². The van der Waals surface area contributed by atoms with E-state index >= 15 is 0 Å². The van der Waals surface area contributed by atoms with Crippen LogP contribution in [-0.2, 0) is 4.74 Å². The zero-order chi connectivity index (χ0) is 21.3. The van der Waals surface area contributed by atoms with Crippen molar-refractivity contribution in [1.29, 1.82) is 0 Å². The molecular weight excluding hydrogens is 382 g/mol. The van der Waals surface area contributed by atoms with E-state index in [0.29, 0.717) is 32.0 Å². The van der Waals surface area contributed by atoms with Gasteiger partial charge in [0.25, 0.3) is 0 Å². The Morgan fingerprint density at radius 1 is 1.20 bits per heavy atom. The van der Waals surface area contributed by atoms with E-state index in [0.717, 1.165) is 24.5 Å². The molecule has 1 aliphatic heterocycles. The topological polar surface area (TPSA) is 90.0 Å². The third-order valence-electron chi connectivity index (χ3n) is 5.05. The number of pyridine rings is 1. The molecule has 8 heteroatoms. The molecule has 0 aliphatic carbocycles. The number of hydrogen-bond donors (Lipinski definition) is 3. The molecule has 2 aromatic rings. The van der Waals surface area contributed by atoms with Gasteiger partial charge in [-0.3, -0.25) is 0 Å². The van der Waals surface area contributed by atoms with Gasteiger partial charge in [-0.2, -0.15) is 0 Å². The maximum absolute atomic E-state index is 12.4. The van der Waals surface area contributed by atoms with Gasteiger partial charge < -0.3 is 30.3 Å². The summed E-state index contributed by atoms with van der Waals surface area (Å²) in [6.45, 7) is 4.03. The lowest BCUT2D eigenvalue weighted by Gasteiger charge is -2.28. The Kier molecular flexibility index (Phi) is 8.01. The smallest absolute Gasteiger partial charge is 0.319 e. The predicted octanol–water partition coefficient (Wildman–Crippen LogP) is 1.95. The lowest BCUT2D eigenvalue weighted by Crippen LogP contribution is -2.39. The van der Waals surface area contributed by atoms with Crippen molar-refractivity contribution in [3.8, 4) is 0 Å². The molecule has 0 spiro atoms. The van der Waals surface area contributed by atoms with Crippen molar-refractivity contribution >= 4 is 17.5 Å². The molecule has 1 saturated heterocycles. The molecule has 1 aromatic heterocycles. The Bertz CT molecular complexity index is 779. The fourth-order valence-electron chi connectivity index (χ4n) is 3.51. The lowest BCUT2D eigenvalue weighted by atomic mass is 9.95. The van der Waals surface area contributed by atoms with E-state index in [1.54, 1.807) is 6.20 Å². The van der Waals surface area contributed by atoms with Crippen LogP contribution in [0.4, 0.5) is 16.3 Å². The normalized spacial score (nSPS) is 16.2. The van der Waals surface area contributed by atoms with Gasteiger partial charge in [-0.25, -0.2) is 9.78 Å². The average molecular weight is 414 g/mol. The fourth-order valence-corrected chi connectivity index (χ4v) is 3.51. The fraction of sp³-hybridized carbons (Fsp3) is 0.455. The van der Waals surface area contributed by atoms with Gasteiger partial charge in [-0.05, 0) is 31.8 Å². The summed E-state index contributed by atoms with van der Waals surface area (Å²) in [6.07, 6.45) is 0.990. The van der Waals surface area contributed by atoms with E-state index in [4.69, 9.17) is 4.74 Å². The van der Waals surface area contributed by atoms with Crippen molar-refractivity contribution in [2.75, 3.05) is 63.7 Å². The van der Waals surface area contributed by atoms with Crippen LogP contribution in [0.5, 0.6) is 0 Å². The van der Waals surface area contributed by atoms with Crippen LogP contribution in [0.25, 0.3) is 0 Å². The predicted molar refractivity (Wildman–Crippen MR) is 118 cm³/mol. The number of aliphatic hydroxyl groups is 1. The minimum absolute atomic E-state index is 0.144. The Labute approximate surface area is 177 Å². The maximum atomic E-state index is 12.4. The number of benzene rings is 1. The molecule has 162 valence electrons. The molecule has 3 rings (SSSR count). The van der Waals surface area contributed by atoms with Crippen LogP contribution < -0.4 is 15.5 Å². The summed E-state index contributed by atoms with van der Waals surface area (Å²) in [7, 11) is 3.90.